The van der Waals surface area contributed by atoms with Crippen LogP contribution in [-0.2, 0) is 14.8 Å². The van der Waals surface area contributed by atoms with Gasteiger partial charge < -0.3 is 19.9 Å². The molecule has 0 spiro atoms. The van der Waals surface area contributed by atoms with Crippen molar-refractivity contribution in [3.05, 3.63) is 42.5 Å². The van der Waals surface area contributed by atoms with E-state index in [-0.39, 0.29) is 27.9 Å². The predicted octanol–water partition coefficient (Wildman–Crippen LogP) is 3.88. The third kappa shape index (κ3) is 6.51. The van der Waals surface area contributed by atoms with Gasteiger partial charge in [-0.25, -0.2) is 8.42 Å². The number of sulfonamides is 1. The Morgan fingerprint density at radius 3 is 2.48 bits per heavy atom. The van der Waals surface area contributed by atoms with Gasteiger partial charge in [-0.2, -0.15) is 0 Å². The number of benzene rings is 2. The molecular weight excluding hydrogens is 465 g/mol. The summed E-state index contributed by atoms with van der Waals surface area (Å²) < 4.78 is 74.1. The van der Waals surface area contributed by atoms with Gasteiger partial charge in [0.1, 0.15) is 16.4 Å². The average molecular weight is 488 g/mol. The molecule has 0 saturated heterocycles. The molecule has 8 nitrogen and oxygen atoms in total. The topological polar surface area (TPSA) is 114 Å². The Morgan fingerprint density at radius 1 is 1.09 bits per heavy atom. The van der Waals surface area contributed by atoms with Crippen molar-refractivity contribution in [2.24, 2.45) is 5.92 Å². The number of carbonyl (C=O) groups is 1. The SMILES string of the molecule is COc1cc(NC(=O)[C@@H]2CCCC[C@H]2O)ccc1S(=O)(=O)Nc1cccc(OC(F)(F)F)c1. The Hall–Kier alpha value is -2.99. The van der Waals surface area contributed by atoms with Crippen LogP contribution in [0.3, 0.4) is 0 Å². The number of aliphatic hydroxyl groups is 1. The minimum absolute atomic E-state index is 0.0906. The Labute approximate surface area is 188 Å². The summed E-state index contributed by atoms with van der Waals surface area (Å²) in [6.07, 6.45) is -2.88. The molecule has 0 bridgehead atoms. The Kier molecular flexibility index (Phi) is 7.38. The zero-order chi connectivity index (χ0) is 24.2. The summed E-state index contributed by atoms with van der Waals surface area (Å²) in [5, 5.41) is 12.7. The van der Waals surface area contributed by atoms with Crippen LogP contribution < -0.4 is 19.5 Å². The van der Waals surface area contributed by atoms with E-state index in [1.54, 1.807) is 0 Å². The van der Waals surface area contributed by atoms with Crippen molar-refractivity contribution in [2.45, 2.75) is 43.0 Å². The van der Waals surface area contributed by atoms with E-state index in [0.717, 1.165) is 25.0 Å². The summed E-state index contributed by atoms with van der Waals surface area (Å²) in [5.41, 5.74) is 0.122. The second-order valence-corrected chi connectivity index (χ2v) is 9.15. The molecule has 180 valence electrons. The number of carbonyl (C=O) groups excluding carboxylic acids is 1. The molecule has 1 saturated carbocycles. The largest absolute Gasteiger partial charge is 0.573 e. The van der Waals surface area contributed by atoms with Crippen LogP contribution in [0.1, 0.15) is 25.7 Å². The lowest BCUT2D eigenvalue weighted by Crippen LogP contribution is -2.35. The lowest BCUT2D eigenvalue weighted by molar-refractivity contribution is -0.274. The van der Waals surface area contributed by atoms with Crippen molar-refractivity contribution < 1.29 is 41.0 Å². The van der Waals surface area contributed by atoms with E-state index in [0.29, 0.717) is 12.8 Å². The number of rotatable bonds is 7. The van der Waals surface area contributed by atoms with Crippen molar-refractivity contribution in [2.75, 3.05) is 17.1 Å². The fourth-order valence-electron chi connectivity index (χ4n) is 3.59. The number of hydrogen-bond donors (Lipinski definition) is 3. The number of nitrogens with one attached hydrogen (secondary N) is 2. The fourth-order valence-corrected chi connectivity index (χ4v) is 4.79. The van der Waals surface area contributed by atoms with Crippen LogP contribution in [0.4, 0.5) is 24.5 Å². The second kappa shape index (κ2) is 9.87. The van der Waals surface area contributed by atoms with Gasteiger partial charge in [-0.15, -0.1) is 13.2 Å². The lowest BCUT2D eigenvalue weighted by atomic mass is 9.86. The molecule has 1 amide bonds. The third-order valence-electron chi connectivity index (χ3n) is 5.11. The Balaban J connectivity index is 1.78. The molecule has 33 heavy (non-hydrogen) atoms. The zero-order valence-corrected chi connectivity index (χ0v) is 18.4. The average Bonchev–Trinajstić information content (AvgIpc) is 2.72. The minimum atomic E-state index is -4.92. The van der Waals surface area contributed by atoms with Crippen LogP contribution in [0.25, 0.3) is 0 Å². The first-order chi connectivity index (χ1) is 15.5. The van der Waals surface area contributed by atoms with Gasteiger partial charge in [-0.05, 0) is 37.1 Å². The van der Waals surface area contributed by atoms with Crippen LogP contribution >= 0.6 is 0 Å². The van der Waals surface area contributed by atoms with Crippen molar-refractivity contribution >= 4 is 27.3 Å². The summed E-state index contributed by atoms with van der Waals surface area (Å²) in [6, 6.07) is 8.25. The summed E-state index contributed by atoms with van der Waals surface area (Å²) >= 11 is 0. The molecule has 2 aromatic carbocycles. The van der Waals surface area contributed by atoms with Crippen molar-refractivity contribution in [3.63, 3.8) is 0 Å². The first-order valence-electron chi connectivity index (χ1n) is 10.0. The first-order valence-corrected chi connectivity index (χ1v) is 11.5. The maximum atomic E-state index is 12.8. The van der Waals surface area contributed by atoms with Gasteiger partial charge in [0.05, 0.1) is 24.8 Å². The highest BCUT2D eigenvalue weighted by molar-refractivity contribution is 7.92. The molecular formula is C21H23F3N2O6S. The van der Waals surface area contributed by atoms with E-state index in [1.807, 2.05) is 0 Å². The normalized spacial score (nSPS) is 18.9. The van der Waals surface area contributed by atoms with Crippen LogP contribution in [0.15, 0.2) is 47.4 Å². The molecule has 0 unspecified atom stereocenters. The highest BCUT2D eigenvalue weighted by atomic mass is 32.2. The Morgan fingerprint density at radius 2 is 1.82 bits per heavy atom. The number of alkyl halides is 3. The molecule has 3 rings (SSSR count). The van der Waals surface area contributed by atoms with Crippen LogP contribution in [0.5, 0.6) is 11.5 Å². The van der Waals surface area contributed by atoms with Gasteiger partial charge >= 0.3 is 6.36 Å². The van der Waals surface area contributed by atoms with Crippen LogP contribution in [0.2, 0.25) is 0 Å². The van der Waals surface area contributed by atoms with E-state index >= 15 is 0 Å². The standard InChI is InChI=1S/C21H23F3N2O6S/c1-31-18-12-13(25-20(28)16-7-2-3-8-17(16)27)9-10-19(18)33(29,30)26-14-5-4-6-15(11-14)32-21(22,23)24/h4-6,9-12,16-17,26-27H,2-3,7-8H2,1H3,(H,25,28)/t16-,17-/m1/s1. The molecule has 1 fully saturated rings. The molecule has 2 aromatic rings. The number of hydrogen-bond acceptors (Lipinski definition) is 6. The second-order valence-electron chi connectivity index (χ2n) is 7.49. The molecule has 3 N–H and O–H groups in total. The number of aliphatic hydroxyl groups excluding tert-OH is 1. The van der Waals surface area contributed by atoms with Crippen molar-refractivity contribution in [1.82, 2.24) is 0 Å². The van der Waals surface area contributed by atoms with E-state index < -0.39 is 34.2 Å². The molecule has 0 aliphatic heterocycles. The molecule has 12 heteroatoms. The van der Waals surface area contributed by atoms with Gasteiger partial charge in [0.2, 0.25) is 5.91 Å². The predicted molar refractivity (Wildman–Crippen MR) is 114 cm³/mol. The maximum Gasteiger partial charge on any atom is 0.573 e. The molecule has 0 radical (unpaired) electrons. The number of anilines is 2. The molecule has 1 aliphatic rings. The summed E-state index contributed by atoms with van der Waals surface area (Å²) in [5.74, 6) is -1.61. The molecule has 0 aromatic heterocycles. The van der Waals surface area contributed by atoms with Gasteiger partial charge in [0.25, 0.3) is 10.0 Å². The molecule has 0 heterocycles. The monoisotopic (exact) mass is 488 g/mol. The fraction of sp³-hybridized carbons (Fsp3) is 0.381. The van der Waals surface area contributed by atoms with E-state index in [4.69, 9.17) is 4.74 Å². The minimum Gasteiger partial charge on any atom is -0.495 e. The first kappa shape index (κ1) is 24.6. The molecule has 1 aliphatic carbocycles. The maximum absolute atomic E-state index is 12.8. The Bertz CT molecular complexity index is 1110. The van der Waals surface area contributed by atoms with Gasteiger partial charge in [0.15, 0.2) is 0 Å². The highest BCUT2D eigenvalue weighted by Crippen LogP contribution is 2.32. The van der Waals surface area contributed by atoms with Crippen molar-refractivity contribution in [1.29, 1.82) is 0 Å². The zero-order valence-electron chi connectivity index (χ0n) is 17.6. The van der Waals surface area contributed by atoms with Gasteiger partial charge in [0, 0.05) is 17.8 Å². The van der Waals surface area contributed by atoms with Gasteiger partial charge in [-0.1, -0.05) is 18.9 Å². The number of halogens is 3. The molecule has 2 atom stereocenters. The quantitative estimate of drug-likeness (QED) is 0.545. The summed E-state index contributed by atoms with van der Waals surface area (Å²) in [7, 11) is -3.02. The number of methoxy groups -OCH3 is 1. The summed E-state index contributed by atoms with van der Waals surface area (Å²) in [6.45, 7) is 0. The summed E-state index contributed by atoms with van der Waals surface area (Å²) in [4.78, 5) is 12.2. The van der Waals surface area contributed by atoms with E-state index in [1.165, 1.54) is 37.4 Å². The van der Waals surface area contributed by atoms with E-state index in [9.17, 15) is 31.5 Å². The number of ether oxygens (including phenoxy) is 2. The highest BCUT2D eigenvalue weighted by Gasteiger charge is 2.32. The van der Waals surface area contributed by atoms with Crippen molar-refractivity contribution in [3.8, 4) is 11.5 Å². The van der Waals surface area contributed by atoms with Crippen LogP contribution in [0, 0.1) is 5.92 Å². The van der Waals surface area contributed by atoms with Crippen LogP contribution in [-0.4, -0.2) is 39.0 Å². The number of amides is 1. The smallest absolute Gasteiger partial charge is 0.495 e. The van der Waals surface area contributed by atoms with E-state index in [2.05, 4.69) is 14.8 Å². The third-order valence-corrected chi connectivity index (χ3v) is 6.53. The lowest BCUT2D eigenvalue weighted by Gasteiger charge is -2.26. The van der Waals surface area contributed by atoms with Gasteiger partial charge in [-0.3, -0.25) is 9.52 Å².